The van der Waals surface area contributed by atoms with Gasteiger partial charge in [0.1, 0.15) is 11.8 Å². The van der Waals surface area contributed by atoms with Crippen molar-refractivity contribution in [2.24, 2.45) is 0 Å². The average molecular weight is 451 g/mol. The topological polar surface area (TPSA) is 160 Å². The SMILES string of the molecule is CNC(=O)[C@@H]1Cc2ccc(NS(=O)(=O)O)cc2CN1C(=O)CCOc1ccccc1.N. The van der Waals surface area contributed by atoms with Crippen LogP contribution in [0.15, 0.2) is 48.5 Å². The molecule has 0 unspecified atom stereocenters. The molecule has 11 heteroatoms. The summed E-state index contributed by atoms with van der Waals surface area (Å²) in [4.78, 5) is 26.7. The van der Waals surface area contributed by atoms with Crippen molar-refractivity contribution in [1.82, 2.24) is 16.4 Å². The summed E-state index contributed by atoms with van der Waals surface area (Å²) in [5.41, 5.74) is 1.70. The molecule has 1 aliphatic heterocycles. The van der Waals surface area contributed by atoms with Gasteiger partial charge in [-0.05, 0) is 35.4 Å². The largest absolute Gasteiger partial charge is 0.493 e. The Morgan fingerprint density at radius 2 is 1.87 bits per heavy atom. The van der Waals surface area contributed by atoms with Gasteiger partial charge in [0.25, 0.3) is 0 Å². The highest BCUT2D eigenvalue weighted by Crippen LogP contribution is 2.27. The number of hydrogen-bond donors (Lipinski definition) is 4. The zero-order valence-corrected chi connectivity index (χ0v) is 17.9. The number of fused-ring (bicyclic) bond motifs is 1. The van der Waals surface area contributed by atoms with E-state index in [4.69, 9.17) is 9.29 Å². The van der Waals surface area contributed by atoms with Crippen LogP contribution in [0.2, 0.25) is 0 Å². The third-order valence-corrected chi connectivity index (χ3v) is 5.27. The van der Waals surface area contributed by atoms with E-state index in [9.17, 15) is 18.0 Å². The zero-order chi connectivity index (χ0) is 21.7. The minimum Gasteiger partial charge on any atom is -0.493 e. The molecule has 1 heterocycles. The third-order valence-electron chi connectivity index (χ3n) is 4.78. The first kappa shape index (κ1) is 24.1. The number of carbonyl (C=O) groups excluding carboxylic acids is 2. The van der Waals surface area contributed by atoms with Crippen LogP contribution in [0.1, 0.15) is 17.5 Å². The molecule has 2 aromatic carbocycles. The van der Waals surface area contributed by atoms with Gasteiger partial charge in [-0.25, -0.2) is 0 Å². The van der Waals surface area contributed by atoms with Gasteiger partial charge >= 0.3 is 10.3 Å². The summed E-state index contributed by atoms with van der Waals surface area (Å²) in [5.74, 6) is 0.120. The van der Waals surface area contributed by atoms with E-state index in [-0.39, 0.29) is 43.2 Å². The number of ether oxygens (including phenoxy) is 1. The van der Waals surface area contributed by atoms with E-state index < -0.39 is 16.3 Å². The van der Waals surface area contributed by atoms with Gasteiger partial charge in [-0.3, -0.25) is 18.9 Å². The van der Waals surface area contributed by atoms with E-state index in [1.807, 2.05) is 22.9 Å². The Hall–Kier alpha value is -3.15. The summed E-state index contributed by atoms with van der Waals surface area (Å²) in [6, 6.07) is 13.2. The summed E-state index contributed by atoms with van der Waals surface area (Å²) in [7, 11) is -2.90. The zero-order valence-electron chi connectivity index (χ0n) is 17.1. The van der Waals surface area contributed by atoms with E-state index in [2.05, 4.69) is 5.32 Å². The maximum absolute atomic E-state index is 12.9. The van der Waals surface area contributed by atoms with Gasteiger partial charge in [0, 0.05) is 20.0 Å². The van der Waals surface area contributed by atoms with E-state index in [1.54, 1.807) is 24.3 Å². The Labute approximate surface area is 181 Å². The van der Waals surface area contributed by atoms with E-state index in [0.29, 0.717) is 17.7 Å². The van der Waals surface area contributed by atoms with Crippen molar-refractivity contribution in [1.29, 1.82) is 0 Å². The molecular weight excluding hydrogens is 424 g/mol. The quantitative estimate of drug-likeness (QED) is 0.465. The molecule has 0 aromatic heterocycles. The van der Waals surface area contributed by atoms with Crippen LogP contribution in [-0.4, -0.2) is 49.4 Å². The van der Waals surface area contributed by atoms with Crippen molar-refractivity contribution in [2.45, 2.75) is 25.4 Å². The van der Waals surface area contributed by atoms with Crippen LogP contribution in [-0.2, 0) is 32.9 Å². The van der Waals surface area contributed by atoms with E-state index >= 15 is 0 Å². The second kappa shape index (κ2) is 10.2. The normalized spacial score (nSPS) is 15.3. The molecule has 2 amide bonds. The van der Waals surface area contributed by atoms with Crippen molar-refractivity contribution >= 4 is 27.8 Å². The van der Waals surface area contributed by atoms with E-state index in [1.165, 1.54) is 18.0 Å². The molecule has 0 radical (unpaired) electrons. The molecule has 3 rings (SSSR count). The summed E-state index contributed by atoms with van der Waals surface area (Å²) < 4.78 is 38.7. The first-order chi connectivity index (χ1) is 14.3. The Morgan fingerprint density at radius 3 is 2.52 bits per heavy atom. The number of nitrogens with zero attached hydrogens (tertiary/aromatic N) is 1. The number of benzene rings is 2. The third kappa shape index (κ3) is 6.41. The van der Waals surface area contributed by atoms with Crippen molar-refractivity contribution in [2.75, 3.05) is 18.4 Å². The van der Waals surface area contributed by atoms with Crippen LogP contribution >= 0.6 is 0 Å². The molecule has 0 fully saturated rings. The Kier molecular flexibility index (Phi) is 7.97. The first-order valence-corrected chi connectivity index (χ1v) is 10.8. The number of hydrogen-bond acceptors (Lipinski definition) is 6. The molecule has 0 saturated heterocycles. The highest BCUT2D eigenvalue weighted by Gasteiger charge is 2.34. The number of anilines is 1. The van der Waals surface area contributed by atoms with Gasteiger partial charge in [-0.2, -0.15) is 8.42 Å². The number of nitrogens with one attached hydrogen (secondary N) is 2. The van der Waals surface area contributed by atoms with Crippen molar-refractivity contribution in [3.63, 3.8) is 0 Å². The smallest absolute Gasteiger partial charge is 0.357 e. The van der Waals surface area contributed by atoms with Gasteiger partial charge in [0.2, 0.25) is 11.8 Å². The minimum absolute atomic E-state index is 0. The number of carbonyl (C=O) groups is 2. The molecule has 2 aromatic rings. The highest BCUT2D eigenvalue weighted by atomic mass is 32.2. The van der Waals surface area contributed by atoms with Crippen LogP contribution in [0, 0.1) is 0 Å². The average Bonchev–Trinajstić information content (AvgIpc) is 2.71. The second-order valence-electron chi connectivity index (χ2n) is 6.83. The Morgan fingerprint density at radius 1 is 1.16 bits per heavy atom. The molecule has 1 aliphatic rings. The molecule has 10 nitrogen and oxygen atoms in total. The molecule has 0 saturated carbocycles. The number of para-hydroxylation sites is 1. The lowest BCUT2D eigenvalue weighted by atomic mass is 9.92. The summed E-state index contributed by atoms with van der Waals surface area (Å²) >= 11 is 0. The molecule has 0 spiro atoms. The Balaban J connectivity index is 0.00000341. The highest BCUT2D eigenvalue weighted by molar-refractivity contribution is 7.87. The molecular formula is C20H26N4O6S. The second-order valence-corrected chi connectivity index (χ2v) is 7.98. The maximum atomic E-state index is 12.9. The lowest BCUT2D eigenvalue weighted by Gasteiger charge is -2.36. The van der Waals surface area contributed by atoms with Crippen molar-refractivity contribution in [3.8, 4) is 5.75 Å². The molecule has 168 valence electrons. The standard InChI is InChI=1S/C20H23N3O6S.H3N/c1-21-20(25)18-12-14-7-8-16(22-30(26,27)28)11-15(14)13-23(18)19(24)9-10-29-17-5-3-2-4-6-17;/h2-8,11,18,22H,9-10,12-13H2,1H3,(H,21,25)(H,26,27,28);1H3/t18-;/m0./s1. The monoisotopic (exact) mass is 450 g/mol. The maximum Gasteiger partial charge on any atom is 0.357 e. The van der Waals surface area contributed by atoms with Crippen LogP contribution < -0.4 is 20.9 Å². The number of rotatable bonds is 7. The fourth-order valence-corrected chi connectivity index (χ4v) is 3.80. The van der Waals surface area contributed by atoms with Crippen LogP contribution in [0.25, 0.3) is 0 Å². The predicted molar refractivity (Wildman–Crippen MR) is 115 cm³/mol. The summed E-state index contributed by atoms with van der Waals surface area (Å²) in [5, 5.41) is 2.59. The van der Waals surface area contributed by atoms with Crippen molar-refractivity contribution < 1.29 is 27.3 Å². The van der Waals surface area contributed by atoms with Crippen LogP contribution in [0.5, 0.6) is 5.75 Å². The molecule has 6 N–H and O–H groups in total. The van der Waals surface area contributed by atoms with Gasteiger partial charge < -0.3 is 21.1 Å². The molecule has 31 heavy (non-hydrogen) atoms. The molecule has 1 atom stereocenters. The first-order valence-electron chi connectivity index (χ1n) is 9.33. The number of likely N-dealkylation sites (N-methyl/N-ethyl adjacent to an activating group) is 1. The minimum atomic E-state index is -4.41. The lowest BCUT2D eigenvalue weighted by Crippen LogP contribution is -2.52. The fraction of sp³-hybridized carbons (Fsp3) is 0.300. The van der Waals surface area contributed by atoms with Gasteiger partial charge in [-0.1, -0.05) is 24.3 Å². The summed E-state index contributed by atoms with van der Waals surface area (Å²) in [6.45, 7) is 0.301. The fourth-order valence-electron chi connectivity index (χ4n) is 3.38. The summed E-state index contributed by atoms with van der Waals surface area (Å²) in [6.07, 6.45) is 0.382. The van der Waals surface area contributed by atoms with Crippen molar-refractivity contribution in [3.05, 3.63) is 59.7 Å². The van der Waals surface area contributed by atoms with Gasteiger partial charge in [0.05, 0.1) is 18.7 Å². The predicted octanol–water partition coefficient (Wildman–Crippen LogP) is 1.53. The van der Waals surface area contributed by atoms with Gasteiger partial charge in [-0.15, -0.1) is 0 Å². The van der Waals surface area contributed by atoms with Crippen LogP contribution in [0.3, 0.4) is 0 Å². The number of amides is 2. The van der Waals surface area contributed by atoms with E-state index in [0.717, 1.165) is 5.56 Å². The lowest BCUT2D eigenvalue weighted by molar-refractivity contribution is -0.142. The van der Waals surface area contributed by atoms with Crippen LogP contribution in [0.4, 0.5) is 5.69 Å². The Bertz CT molecular complexity index is 1030. The molecule has 0 bridgehead atoms. The van der Waals surface area contributed by atoms with Gasteiger partial charge in [0.15, 0.2) is 0 Å². The molecule has 0 aliphatic carbocycles.